The van der Waals surface area contributed by atoms with Crippen molar-refractivity contribution in [2.45, 2.75) is 0 Å². The Morgan fingerprint density at radius 1 is 1.20 bits per heavy atom. The van der Waals surface area contributed by atoms with E-state index in [9.17, 15) is 4.79 Å². The summed E-state index contributed by atoms with van der Waals surface area (Å²) in [4.78, 5) is 11.8. The number of ether oxygens (including phenoxy) is 1. The Kier molecular flexibility index (Phi) is 5.03. The molecule has 2 rings (SSSR count). The van der Waals surface area contributed by atoms with Crippen molar-refractivity contribution in [3.05, 3.63) is 51.4 Å². The number of para-hydroxylation sites is 2. The lowest BCUT2D eigenvalue weighted by Crippen LogP contribution is -2.20. The number of hydrogen-bond donors (Lipinski definition) is 2. The Bertz CT molecular complexity index is 632. The first-order valence-corrected chi connectivity index (χ1v) is 7.37. The van der Waals surface area contributed by atoms with Crippen LogP contribution in [-0.2, 0) is 4.79 Å². The molecule has 0 atom stereocenters. The van der Waals surface area contributed by atoms with Crippen LogP contribution in [-0.4, -0.2) is 12.5 Å². The molecular weight excluding hydrogens is 388 g/mol. The Balaban J connectivity index is 1.94. The number of nitrogens with one attached hydrogen (secondary N) is 1. The molecule has 1 amide bonds. The molecule has 0 unspecified atom stereocenters. The molecule has 0 aromatic heterocycles. The van der Waals surface area contributed by atoms with Gasteiger partial charge in [-0.25, -0.2) is 0 Å². The molecule has 0 spiro atoms. The first-order valence-electron chi connectivity index (χ1n) is 5.78. The molecule has 4 nitrogen and oxygen atoms in total. The topological polar surface area (TPSA) is 64.3 Å². The van der Waals surface area contributed by atoms with Crippen LogP contribution >= 0.6 is 31.9 Å². The second kappa shape index (κ2) is 6.76. The molecule has 0 fully saturated rings. The fourth-order valence-electron chi connectivity index (χ4n) is 1.53. The predicted octanol–water partition coefficient (Wildman–Crippen LogP) is 3.81. The predicted molar refractivity (Wildman–Crippen MR) is 86.8 cm³/mol. The van der Waals surface area contributed by atoms with E-state index >= 15 is 0 Å². The van der Waals surface area contributed by atoms with E-state index < -0.39 is 0 Å². The molecule has 20 heavy (non-hydrogen) atoms. The van der Waals surface area contributed by atoms with Gasteiger partial charge in [0.05, 0.1) is 11.4 Å². The maximum atomic E-state index is 11.8. The van der Waals surface area contributed by atoms with Crippen LogP contribution in [0.4, 0.5) is 11.4 Å². The van der Waals surface area contributed by atoms with Crippen LogP contribution in [0.15, 0.2) is 51.4 Å². The van der Waals surface area contributed by atoms with Crippen molar-refractivity contribution >= 4 is 49.1 Å². The molecule has 6 heteroatoms. The van der Waals surface area contributed by atoms with Gasteiger partial charge in [-0.2, -0.15) is 0 Å². The fraction of sp³-hybridized carbons (Fsp3) is 0.0714. The second-order valence-electron chi connectivity index (χ2n) is 4.00. The molecule has 0 aliphatic rings. The summed E-state index contributed by atoms with van der Waals surface area (Å²) >= 11 is 6.73. The van der Waals surface area contributed by atoms with Crippen LogP contribution in [0.25, 0.3) is 0 Å². The van der Waals surface area contributed by atoms with Crippen LogP contribution in [0.2, 0.25) is 0 Å². The van der Waals surface area contributed by atoms with Gasteiger partial charge in [0.25, 0.3) is 5.91 Å². The standard InChI is InChI=1S/C14H12Br2N2O2/c15-9-5-6-12(10(16)7-9)18-14(19)8-20-13-4-2-1-3-11(13)17/h1-7H,8,17H2,(H,18,19). The van der Waals surface area contributed by atoms with E-state index in [4.69, 9.17) is 10.5 Å². The van der Waals surface area contributed by atoms with Gasteiger partial charge in [0.15, 0.2) is 6.61 Å². The molecule has 0 aliphatic carbocycles. The van der Waals surface area contributed by atoms with Crippen LogP contribution in [0.3, 0.4) is 0 Å². The third kappa shape index (κ3) is 3.98. The SMILES string of the molecule is Nc1ccccc1OCC(=O)Nc1ccc(Br)cc1Br. The van der Waals surface area contributed by atoms with Gasteiger partial charge in [-0.1, -0.05) is 28.1 Å². The summed E-state index contributed by atoms with van der Waals surface area (Å²) in [5, 5.41) is 2.75. The molecular formula is C14H12Br2N2O2. The van der Waals surface area contributed by atoms with Gasteiger partial charge < -0.3 is 15.8 Å². The first kappa shape index (κ1) is 14.9. The monoisotopic (exact) mass is 398 g/mol. The molecule has 0 aliphatic heterocycles. The fourth-order valence-corrected chi connectivity index (χ4v) is 2.68. The molecule has 2 aromatic carbocycles. The third-order valence-electron chi connectivity index (χ3n) is 2.48. The normalized spacial score (nSPS) is 10.1. The minimum atomic E-state index is -0.253. The number of amides is 1. The summed E-state index contributed by atoms with van der Waals surface area (Å²) in [7, 11) is 0. The molecule has 0 bridgehead atoms. The van der Waals surface area contributed by atoms with Crippen LogP contribution in [0, 0.1) is 0 Å². The van der Waals surface area contributed by atoms with Gasteiger partial charge in [0.2, 0.25) is 0 Å². The highest BCUT2D eigenvalue weighted by molar-refractivity contribution is 9.11. The molecule has 0 saturated carbocycles. The van der Waals surface area contributed by atoms with Gasteiger partial charge in [0, 0.05) is 8.95 Å². The van der Waals surface area contributed by atoms with Crippen LogP contribution in [0.5, 0.6) is 5.75 Å². The second-order valence-corrected chi connectivity index (χ2v) is 5.77. The molecule has 104 valence electrons. The van der Waals surface area contributed by atoms with E-state index in [2.05, 4.69) is 37.2 Å². The number of nitrogen functional groups attached to an aromatic ring is 1. The average molecular weight is 400 g/mol. The highest BCUT2D eigenvalue weighted by Crippen LogP contribution is 2.26. The van der Waals surface area contributed by atoms with Crippen molar-refractivity contribution in [2.24, 2.45) is 0 Å². The summed E-state index contributed by atoms with van der Waals surface area (Å²) in [5.74, 6) is 0.244. The van der Waals surface area contributed by atoms with E-state index in [1.165, 1.54) is 0 Å². The number of benzene rings is 2. The lowest BCUT2D eigenvalue weighted by Gasteiger charge is -2.10. The summed E-state index contributed by atoms with van der Waals surface area (Å²) in [5.41, 5.74) is 6.92. The van der Waals surface area contributed by atoms with Crippen LogP contribution in [0.1, 0.15) is 0 Å². The van der Waals surface area contributed by atoms with E-state index in [0.717, 1.165) is 8.95 Å². The zero-order chi connectivity index (χ0) is 14.5. The quantitative estimate of drug-likeness (QED) is 0.768. The van der Waals surface area contributed by atoms with Gasteiger partial charge in [-0.05, 0) is 46.3 Å². The maximum absolute atomic E-state index is 11.8. The summed E-state index contributed by atoms with van der Waals surface area (Å²) in [6, 6.07) is 12.5. The largest absolute Gasteiger partial charge is 0.482 e. The van der Waals surface area contributed by atoms with Gasteiger partial charge in [0.1, 0.15) is 5.75 Å². The zero-order valence-corrected chi connectivity index (χ0v) is 13.6. The molecule has 3 N–H and O–H groups in total. The van der Waals surface area contributed by atoms with Gasteiger partial charge in [-0.3, -0.25) is 4.79 Å². The van der Waals surface area contributed by atoms with Crippen molar-refractivity contribution in [2.75, 3.05) is 17.7 Å². The van der Waals surface area contributed by atoms with E-state index in [0.29, 0.717) is 17.1 Å². The first-order chi connectivity index (χ1) is 9.56. The Morgan fingerprint density at radius 2 is 1.95 bits per heavy atom. The van der Waals surface area contributed by atoms with E-state index in [1.54, 1.807) is 30.3 Å². The maximum Gasteiger partial charge on any atom is 0.262 e. The molecule has 0 saturated heterocycles. The Labute approximate surface area is 133 Å². The molecule has 2 aromatic rings. The van der Waals surface area contributed by atoms with Crippen molar-refractivity contribution in [3.8, 4) is 5.75 Å². The number of carbonyl (C=O) groups excluding carboxylic acids is 1. The lowest BCUT2D eigenvalue weighted by molar-refractivity contribution is -0.118. The van der Waals surface area contributed by atoms with Gasteiger partial charge in [-0.15, -0.1) is 0 Å². The molecule has 0 radical (unpaired) electrons. The number of nitrogens with two attached hydrogens (primary N) is 1. The van der Waals surface area contributed by atoms with Crippen molar-refractivity contribution in [3.63, 3.8) is 0 Å². The number of anilines is 2. The van der Waals surface area contributed by atoms with Crippen LogP contribution < -0.4 is 15.8 Å². The van der Waals surface area contributed by atoms with Crippen molar-refractivity contribution in [1.82, 2.24) is 0 Å². The number of halogens is 2. The highest BCUT2D eigenvalue weighted by atomic mass is 79.9. The minimum absolute atomic E-state index is 0.100. The van der Waals surface area contributed by atoms with Crippen molar-refractivity contribution in [1.29, 1.82) is 0 Å². The molecule has 0 heterocycles. The van der Waals surface area contributed by atoms with E-state index in [-0.39, 0.29) is 12.5 Å². The van der Waals surface area contributed by atoms with Crippen molar-refractivity contribution < 1.29 is 9.53 Å². The number of carbonyl (C=O) groups is 1. The summed E-state index contributed by atoms with van der Waals surface area (Å²) in [6.07, 6.45) is 0. The zero-order valence-electron chi connectivity index (χ0n) is 10.4. The summed E-state index contributed by atoms with van der Waals surface area (Å²) in [6.45, 7) is -0.100. The highest BCUT2D eigenvalue weighted by Gasteiger charge is 2.08. The summed E-state index contributed by atoms with van der Waals surface area (Å²) < 4.78 is 7.09. The van der Waals surface area contributed by atoms with E-state index in [1.807, 2.05) is 12.1 Å². The average Bonchev–Trinajstić information content (AvgIpc) is 2.41. The third-order valence-corrected chi connectivity index (χ3v) is 3.63. The lowest BCUT2D eigenvalue weighted by atomic mass is 10.3. The Hall–Kier alpha value is -1.53. The number of hydrogen-bond acceptors (Lipinski definition) is 3. The number of rotatable bonds is 4. The Morgan fingerprint density at radius 3 is 2.65 bits per heavy atom. The van der Waals surface area contributed by atoms with Gasteiger partial charge >= 0.3 is 0 Å². The smallest absolute Gasteiger partial charge is 0.262 e. The minimum Gasteiger partial charge on any atom is -0.482 e.